The van der Waals surface area contributed by atoms with E-state index in [0.29, 0.717) is 25.9 Å². The maximum absolute atomic E-state index is 12.0. The van der Waals surface area contributed by atoms with E-state index in [-0.39, 0.29) is 11.8 Å². The molecule has 0 aromatic carbocycles. The molecule has 2 aliphatic rings. The average molecular weight is 209 g/mol. The van der Waals surface area contributed by atoms with E-state index in [2.05, 4.69) is 12.2 Å². The van der Waals surface area contributed by atoms with E-state index in [9.17, 15) is 9.90 Å². The van der Waals surface area contributed by atoms with Crippen molar-refractivity contribution in [3.63, 3.8) is 0 Å². The van der Waals surface area contributed by atoms with Crippen LogP contribution < -0.4 is 0 Å². The van der Waals surface area contributed by atoms with Gasteiger partial charge >= 0.3 is 0 Å². The van der Waals surface area contributed by atoms with Crippen molar-refractivity contribution in [3.8, 4) is 0 Å². The molecule has 1 amide bonds. The topological polar surface area (TPSA) is 40.5 Å². The molecule has 15 heavy (non-hydrogen) atoms. The van der Waals surface area contributed by atoms with E-state index < -0.39 is 5.60 Å². The number of carbonyl (C=O) groups is 1. The number of nitrogens with zero attached hydrogens (tertiary/aromatic N) is 1. The van der Waals surface area contributed by atoms with Crippen molar-refractivity contribution in [2.24, 2.45) is 5.92 Å². The lowest BCUT2D eigenvalue weighted by atomic mass is 9.92. The number of hydrogen-bond acceptors (Lipinski definition) is 2. The van der Waals surface area contributed by atoms with Crippen molar-refractivity contribution in [3.05, 3.63) is 12.2 Å². The fraction of sp³-hybridized carbons (Fsp3) is 0.750. The zero-order valence-electron chi connectivity index (χ0n) is 9.28. The first-order valence-electron chi connectivity index (χ1n) is 5.75. The Morgan fingerprint density at radius 3 is 2.40 bits per heavy atom. The third-order valence-corrected chi connectivity index (χ3v) is 3.51. The maximum Gasteiger partial charge on any atom is 0.226 e. The van der Waals surface area contributed by atoms with Crippen LogP contribution in [0, 0.1) is 5.92 Å². The zero-order chi connectivity index (χ0) is 10.9. The van der Waals surface area contributed by atoms with Gasteiger partial charge in [-0.15, -0.1) is 0 Å². The van der Waals surface area contributed by atoms with E-state index in [1.807, 2.05) is 11.8 Å². The van der Waals surface area contributed by atoms with Gasteiger partial charge in [-0.05, 0) is 32.6 Å². The van der Waals surface area contributed by atoms with E-state index in [4.69, 9.17) is 0 Å². The Balaban J connectivity index is 1.87. The summed E-state index contributed by atoms with van der Waals surface area (Å²) in [4.78, 5) is 13.9. The van der Waals surface area contributed by atoms with Crippen LogP contribution in [0.15, 0.2) is 12.2 Å². The quantitative estimate of drug-likeness (QED) is 0.662. The van der Waals surface area contributed by atoms with Crippen LogP contribution in [-0.2, 0) is 4.79 Å². The summed E-state index contributed by atoms with van der Waals surface area (Å²) >= 11 is 0. The van der Waals surface area contributed by atoms with E-state index in [1.54, 1.807) is 0 Å². The summed E-state index contributed by atoms with van der Waals surface area (Å²) in [7, 11) is 0. The molecular weight excluding hydrogens is 190 g/mol. The van der Waals surface area contributed by atoms with Crippen LogP contribution >= 0.6 is 0 Å². The molecule has 0 aromatic rings. The molecule has 0 radical (unpaired) electrons. The Labute approximate surface area is 90.8 Å². The Morgan fingerprint density at radius 1 is 1.33 bits per heavy atom. The van der Waals surface area contributed by atoms with Crippen molar-refractivity contribution in [2.45, 2.75) is 38.2 Å². The van der Waals surface area contributed by atoms with Gasteiger partial charge in [0.2, 0.25) is 5.91 Å². The van der Waals surface area contributed by atoms with E-state index in [0.717, 1.165) is 12.8 Å². The molecule has 84 valence electrons. The van der Waals surface area contributed by atoms with Crippen LogP contribution in [0.5, 0.6) is 0 Å². The molecule has 0 aromatic heterocycles. The smallest absolute Gasteiger partial charge is 0.226 e. The fourth-order valence-corrected chi connectivity index (χ4v) is 2.29. The van der Waals surface area contributed by atoms with Gasteiger partial charge in [0.15, 0.2) is 0 Å². The SMILES string of the molecule is CC1(O)CCN(C(=O)C2CC=CC2)CC1. The average Bonchev–Trinajstić information content (AvgIpc) is 2.69. The summed E-state index contributed by atoms with van der Waals surface area (Å²) in [6.07, 6.45) is 7.38. The molecule has 0 saturated carbocycles. The van der Waals surface area contributed by atoms with E-state index in [1.165, 1.54) is 0 Å². The highest BCUT2D eigenvalue weighted by molar-refractivity contribution is 5.79. The Bertz CT molecular complexity index is 265. The highest BCUT2D eigenvalue weighted by Gasteiger charge is 2.32. The summed E-state index contributed by atoms with van der Waals surface area (Å²) in [5.74, 6) is 0.448. The number of rotatable bonds is 1. The van der Waals surface area contributed by atoms with Gasteiger partial charge in [0.05, 0.1) is 5.60 Å². The first-order valence-corrected chi connectivity index (χ1v) is 5.75. The third-order valence-electron chi connectivity index (χ3n) is 3.51. The number of aliphatic hydroxyl groups is 1. The lowest BCUT2D eigenvalue weighted by Crippen LogP contribution is -2.46. The second-order valence-corrected chi connectivity index (χ2v) is 4.96. The second kappa shape index (κ2) is 3.97. The molecule has 0 bridgehead atoms. The van der Waals surface area contributed by atoms with Crippen molar-refractivity contribution in [2.75, 3.05) is 13.1 Å². The first-order chi connectivity index (χ1) is 7.08. The molecule has 1 heterocycles. The van der Waals surface area contributed by atoms with Crippen LogP contribution in [0.25, 0.3) is 0 Å². The van der Waals surface area contributed by atoms with Gasteiger partial charge in [-0.1, -0.05) is 12.2 Å². The van der Waals surface area contributed by atoms with Gasteiger partial charge in [0.25, 0.3) is 0 Å². The molecule has 0 spiro atoms. The normalized spacial score (nSPS) is 25.9. The van der Waals surface area contributed by atoms with Crippen LogP contribution in [0.4, 0.5) is 0 Å². The van der Waals surface area contributed by atoms with Crippen LogP contribution in [0.1, 0.15) is 32.6 Å². The van der Waals surface area contributed by atoms with Gasteiger partial charge in [-0.2, -0.15) is 0 Å². The van der Waals surface area contributed by atoms with Gasteiger partial charge in [-0.3, -0.25) is 4.79 Å². The lowest BCUT2D eigenvalue weighted by Gasteiger charge is -2.36. The minimum Gasteiger partial charge on any atom is -0.390 e. The summed E-state index contributed by atoms with van der Waals surface area (Å²) < 4.78 is 0. The van der Waals surface area contributed by atoms with Crippen molar-refractivity contribution in [1.29, 1.82) is 0 Å². The summed E-state index contributed by atoms with van der Waals surface area (Å²) in [5.41, 5.74) is -0.565. The van der Waals surface area contributed by atoms with Crippen molar-refractivity contribution in [1.82, 2.24) is 4.90 Å². The molecule has 3 nitrogen and oxygen atoms in total. The van der Waals surface area contributed by atoms with E-state index >= 15 is 0 Å². The molecule has 1 N–H and O–H groups in total. The predicted octanol–water partition coefficient (Wildman–Crippen LogP) is 1.33. The molecule has 2 rings (SSSR count). The number of hydrogen-bond donors (Lipinski definition) is 1. The minimum absolute atomic E-state index is 0.174. The first kappa shape index (κ1) is 10.7. The standard InChI is InChI=1S/C12H19NO2/c1-12(15)6-8-13(9-7-12)11(14)10-4-2-3-5-10/h2-3,10,15H,4-9H2,1H3. The Hall–Kier alpha value is -0.830. The van der Waals surface area contributed by atoms with Crippen LogP contribution in [0.3, 0.4) is 0 Å². The number of carbonyl (C=O) groups excluding carboxylic acids is 1. The molecule has 1 saturated heterocycles. The summed E-state index contributed by atoms with van der Waals surface area (Å²) in [5, 5.41) is 9.79. The number of piperidine rings is 1. The zero-order valence-corrected chi connectivity index (χ0v) is 9.28. The van der Waals surface area contributed by atoms with Crippen molar-refractivity contribution >= 4 is 5.91 Å². The minimum atomic E-state index is -0.565. The highest BCUT2D eigenvalue weighted by Crippen LogP contribution is 2.25. The highest BCUT2D eigenvalue weighted by atomic mass is 16.3. The largest absolute Gasteiger partial charge is 0.390 e. The molecular formula is C12H19NO2. The van der Waals surface area contributed by atoms with Gasteiger partial charge in [0, 0.05) is 19.0 Å². The van der Waals surface area contributed by atoms with Gasteiger partial charge < -0.3 is 10.0 Å². The second-order valence-electron chi connectivity index (χ2n) is 4.96. The fourth-order valence-electron chi connectivity index (χ4n) is 2.29. The maximum atomic E-state index is 12.0. The Morgan fingerprint density at radius 2 is 1.87 bits per heavy atom. The Kier molecular flexibility index (Phi) is 2.83. The van der Waals surface area contributed by atoms with Crippen LogP contribution in [-0.4, -0.2) is 34.6 Å². The summed E-state index contributed by atoms with van der Waals surface area (Å²) in [6.45, 7) is 3.27. The molecule has 1 aliphatic carbocycles. The molecule has 1 aliphatic heterocycles. The lowest BCUT2D eigenvalue weighted by molar-refractivity contribution is -0.138. The number of allylic oxidation sites excluding steroid dienone is 2. The van der Waals surface area contributed by atoms with Gasteiger partial charge in [-0.25, -0.2) is 0 Å². The molecule has 1 fully saturated rings. The monoisotopic (exact) mass is 209 g/mol. The molecule has 0 atom stereocenters. The van der Waals surface area contributed by atoms with Crippen molar-refractivity contribution < 1.29 is 9.90 Å². The summed E-state index contributed by atoms with van der Waals surface area (Å²) in [6, 6.07) is 0. The number of likely N-dealkylation sites (tertiary alicyclic amines) is 1. The number of amides is 1. The third kappa shape index (κ3) is 2.40. The molecule has 0 unspecified atom stereocenters. The molecule has 3 heteroatoms. The van der Waals surface area contributed by atoms with Gasteiger partial charge in [0.1, 0.15) is 0 Å². The predicted molar refractivity (Wildman–Crippen MR) is 58.3 cm³/mol. The van der Waals surface area contributed by atoms with Crippen LogP contribution in [0.2, 0.25) is 0 Å².